The van der Waals surface area contributed by atoms with E-state index in [4.69, 9.17) is 4.74 Å². The van der Waals surface area contributed by atoms with Gasteiger partial charge >= 0.3 is 0 Å². The van der Waals surface area contributed by atoms with Crippen LogP contribution < -0.4 is 4.74 Å². The molecular weight excluding hydrogens is 306 g/mol. The number of aromatic nitrogens is 2. The van der Waals surface area contributed by atoms with Crippen molar-refractivity contribution in [2.75, 3.05) is 26.8 Å². The molecule has 0 bridgehead atoms. The molecular formula is C18H23N3O3. The molecule has 0 spiro atoms. The molecule has 0 saturated carbocycles. The molecule has 6 nitrogen and oxygen atoms in total. The maximum atomic E-state index is 12.7. The number of ether oxygens (including phenoxy) is 1. The van der Waals surface area contributed by atoms with Crippen LogP contribution in [0.2, 0.25) is 0 Å². The van der Waals surface area contributed by atoms with Gasteiger partial charge in [0.1, 0.15) is 5.75 Å². The number of carbonyl (C=O) groups is 1. The van der Waals surface area contributed by atoms with Crippen LogP contribution in [-0.2, 0) is 0 Å². The first kappa shape index (κ1) is 16.5. The van der Waals surface area contributed by atoms with Crippen molar-refractivity contribution in [1.29, 1.82) is 0 Å². The van der Waals surface area contributed by atoms with Crippen molar-refractivity contribution in [2.24, 2.45) is 5.92 Å². The van der Waals surface area contributed by atoms with Gasteiger partial charge in [0.25, 0.3) is 5.91 Å². The van der Waals surface area contributed by atoms with E-state index in [0.29, 0.717) is 24.7 Å². The normalized spacial score (nSPS) is 15.5. The Morgan fingerprint density at radius 1 is 1.29 bits per heavy atom. The molecule has 0 aliphatic carbocycles. The number of aliphatic hydroxyl groups excluding tert-OH is 1. The second-order valence-corrected chi connectivity index (χ2v) is 6.20. The summed E-state index contributed by atoms with van der Waals surface area (Å²) >= 11 is 0. The van der Waals surface area contributed by atoms with Gasteiger partial charge in [0.2, 0.25) is 0 Å². The van der Waals surface area contributed by atoms with E-state index in [-0.39, 0.29) is 12.5 Å². The minimum absolute atomic E-state index is 0.0400. The second kappa shape index (κ2) is 7.05. The molecule has 1 aliphatic heterocycles. The van der Waals surface area contributed by atoms with Gasteiger partial charge in [-0.05, 0) is 56.0 Å². The van der Waals surface area contributed by atoms with Crippen molar-refractivity contribution in [2.45, 2.75) is 19.8 Å². The summed E-state index contributed by atoms with van der Waals surface area (Å²) in [6.45, 7) is 3.50. The smallest absolute Gasteiger partial charge is 0.274 e. The molecule has 1 aliphatic rings. The molecule has 128 valence electrons. The zero-order chi connectivity index (χ0) is 17.1. The van der Waals surface area contributed by atoms with Gasteiger partial charge in [-0.15, -0.1) is 0 Å². The Morgan fingerprint density at radius 2 is 1.96 bits per heavy atom. The molecule has 1 aromatic heterocycles. The number of aryl methyl sites for hydroxylation is 1. The quantitative estimate of drug-likeness (QED) is 0.932. The average Bonchev–Trinajstić information content (AvgIpc) is 3.03. The number of benzene rings is 1. The fourth-order valence-corrected chi connectivity index (χ4v) is 3.04. The van der Waals surface area contributed by atoms with Gasteiger partial charge in [0, 0.05) is 25.4 Å². The highest BCUT2D eigenvalue weighted by atomic mass is 16.5. The lowest BCUT2D eigenvalue weighted by atomic mass is 9.98. The van der Waals surface area contributed by atoms with Crippen molar-refractivity contribution in [1.82, 2.24) is 14.7 Å². The number of amides is 1. The Kier molecular flexibility index (Phi) is 4.85. The van der Waals surface area contributed by atoms with Crippen LogP contribution in [0.25, 0.3) is 5.69 Å². The van der Waals surface area contributed by atoms with Crippen LogP contribution in [0, 0.1) is 12.8 Å². The fraction of sp³-hybridized carbons (Fsp3) is 0.444. The Bertz CT molecular complexity index is 701. The molecule has 3 rings (SSSR count). The van der Waals surface area contributed by atoms with Gasteiger partial charge in [-0.2, -0.15) is 5.10 Å². The summed E-state index contributed by atoms with van der Waals surface area (Å²) in [7, 11) is 1.63. The molecule has 1 saturated heterocycles. The number of rotatable bonds is 4. The lowest BCUT2D eigenvalue weighted by molar-refractivity contribution is 0.0644. The third-order valence-electron chi connectivity index (χ3n) is 4.58. The van der Waals surface area contributed by atoms with Crippen LogP contribution in [0.15, 0.2) is 30.3 Å². The summed E-state index contributed by atoms with van der Waals surface area (Å²) in [6.07, 6.45) is 1.70. The van der Waals surface area contributed by atoms with Crippen molar-refractivity contribution in [3.05, 3.63) is 41.7 Å². The highest BCUT2D eigenvalue weighted by Crippen LogP contribution is 2.20. The predicted octanol–water partition coefficient (Wildman–Crippen LogP) is 2.03. The molecule has 6 heteroatoms. The third-order valence-corrected chi connectivity index (χ3v) is 4.58. The van der Waals surface area contributed by atoms with Crippen LogP contribution in [0.3, 0.4) is 0 Å². The van der Waals surface area contributed by atoms with Gasteiger partial charge in [0.05, 0.1) is 12.8 Å². The second-order valence-electron chi connectivity index (χ2n) is 6.20. The van der Waals surface area contributed by atoms with Crippen molar-refractivity contribution >= 4 is 5.91 Å². The van der Waals surface area contributed by atoms with E-state index < -0.39 is 0 Å². The number of hydrogen-bond acceptors (Lipinski definition) is 4. The van der Waals surface area contributed by atoms with E-state index in [2.05, 4.69) is 5.10 Å². The first-order valence-corrected chi connectivity index (χ1v) is 8.23. The first-order valence-electron chi connectivity index (χ1n) is 8.23. The SMILES string of the molecule is COc1ccc(-n2nc(C(=O)N3CCC(CO)CC3)cc2C)cc1. The van der Waals surface area contributed by atoms with Crippen LogP contribution in [0.5, 0.6) is 5.75 Å². The molecule has 1 N–H and O–H groups in total. The van der Waals surface area contributed by atoms with E-state index in [0.717, 1.165) is 30.0 Å². The average molecular weight is 329 g/mol. The first-order chi connectivity index (χ1) is 11.6. The summed E-state index contributed by atoms with van der Waals surface area (Å²) < 4.78 is 6.94. The highest BCUT2D eigenvalue weighted by molar-refractivity contribution is 5.92. The number of nitrogens with zero attached hydrogens (tertiary/aromatic N) is 3. The van der Waals surface area contributed by atoms with Crippen LogP contribution in [0.4, 0.5) is 0 Å². The molecule has 2 heterocycles. The van der Waals surface area contributed by atoms with Crippen molar-refractivity contribution in [3.63, 3.8) is 0 Å². The van der Waals surface area contributed by atoms with E-state index in [1.165, 1.54) is 0 Å². The molecule has 0 atom stereocenters. The number of piperidine rings is 1. The molecule has 2 aromatic rings. The fourth-order valence-electron chi connectivity index (χ4n) is 3.04. The number of aliphatic hydroxyl groups is 1. The number of hydrogen-bond donors (Lipinski definition) is 1. The minimum atomic E-state index is -0.0400. The van der Waals surface area contributed by atoms with Gasteiger partial charge in [0.15, 0.2) is 5.69 Å². The van der Waals surface area contributed by atoms with E-state index in [1.54, 1.807) is 11.8 Å². The van der Waals surface area contributed by atoms with Crippen LogP contribution in [-0.4, -0.2) is 52.5 Å². The van der Waals surface area contributed by atoms with Crippen molar-refractivity contribution in [3.8, 4) is 11.4 Å². The largest absolute Gasteiger partial charge is 0.497 e. The molecule has 1 aromatic carbocycles. The van der Waals surface area contributed by atoms with Crippen molar-refractivity contribution < 1.29 is 14.6 Å². The standard InChI is InChI=1S/C18H23N3O3/c1-13-11-17(18(23)20-9-7-14(12-22)8-10-20)19-21(13)15-3-5-16(24-2)6-4-15/h3-6,11,14,22H,7-10,12H2,1-2H3. The van der Waals surface area contributed by atoms with Crippen LogP contribution >= 0.6 is 0 Å². The highest BCUT2D eigenvalue weighted by Gasteiger charge is 2.25. The summed E-state index contributed by atoms with van der Waals surface area (Å²) in [5, 5.41) is 13.7. The van der Waals surface area contributed by atoms with E-state index in [9.17, 15) is 9.90 Å². The van der Waals surface area contributed by atoms with Crippen LogP contribution in [0.1, 0.15) is 29.0 Å². The lowest BCUT2D eigenvalue weighted by Crippen LogP contribution is -2.39. The minimum Gasteiger partial charge on any atom is -0.497 e. The number of carbonyl (C=O) groups excluding carboxylic acids is 1. The topological polar surface area (TPSA) is 67.6 Å². The summed E-state index contributed by atoms with van der Waals surface area (Å²) in [5.41, 5.74) is 2.27. The van der Waals surface area contributed by atoms with Gasteiger partial charge in [-0.3, -0.25) is 4.79 Å². The number of likely N-dealkylation sites (tertiary alicyclic amines) is 1. The Hall–Kier alpha value is -2.34. The van der Waals surface area contributed by atoms with E-state index in [1.807, 2.05) is 42.2 Å². The summed E-state index contributed by atoms with van der Waals surface area (Å²) in [5.74, 6) is 1.06. The predicted molar refractivity (Wildman–Crippen MR) is 90.6 cm³/mol. The summed E-state index contributed by atoms with van der Waals surface area (Å²) in [6, 6.07) is 9.40. The summed E-state index contributed by atoms with van der Waals surface area (Å²) in [4.78, 5) is 14.5. The Balaban J connectivity index is 1.77. The lowest BCUT2D eigenvalue weighted by Gasteiger charge is -2.30. The molecule has 1 fully saturated rings. The maximum absolute atomic E-state index is 12.7. The third kappa shape index (κ3) is 3.28. The Labute approximate surface area is 141 Å². The Morgan fingerprint density at radius 3 is 2.54 bits per heavy atom. The zero-order valence-electron chi connectivity index (χ0n) is 14.1. The maximum Gasteiger partial charge on any atom is 0.274 e. The zero-order valence-corrected chi connectivity index (χ0v) is 14.1. The van der Waals surface area contributed by atoms with E-state index >= 15 is 0 Å². The molecule has 0 radical (unpaired) electrons. The molecule has 0 unspecified atom stereocenters. The molecule has 1 amide bonds. The van der Waals surface area contributed by atoms with Gasteiger partial charge in [-0.1, -0.05) is 0 Å². The molecule has 24 heavy (non-hydrogen) atoms. The monoisotopic (exact) mass is 329 g/mol. The van der Waals surface area contributed by atoms with Gasteiger partial charge < -0.3 is 14.7 Å². The number of methoxy groups -OCH3 is 1. The van der Waals surface area contributed by atoms with Gasteiger partial charge in [-0.25, -0.2) is 4.68 Å².